The van der Waals surface area contributed by atoms with E-state index in [2.05, 4.69) is 30.0 Å². The Morgan fingerprint density at radius 2 is 1.83 bits per heavy atom. The van der Waals surface area contributed by atoms with Gasteiger partial charge in [0.05, 0.1) is 6.20 Å². The van der Waals surface area contributed by atoms with E-state index in [9.17, 15) is 13.2 Å². The average molecular weight is 486 g/mol. The molecular weight excluding hydrogens is 465 g/mol. The van der Waals surface area contributed by atoms with Gasteiger partial charge in [0.25, 0.3) is 0 Å². The van der Waals surface area contributed by atoms with Crippen LogP contribution in [0.1, 0.15) is 35.6 Å². The fourth-order valence-corrected chi connectivity index (χ4v) is 3.05. The zero-order valence-corrected chi connectivity index (χ0v) is 18.4. The molecule has 0 amide bonds. The van der Waals surface area contributed by atoms with E-state index in [1.165, 1.54) is 30.5 Å². The normalized spacial score (nSPS) is 11.7. The van der Waals surface area contributed by atoms with Gasteiger partial charge >= 0.3 is 12.4 Å². The van der Waals surface area contributed by atoms with Gasteiger partial charge in [-0.05, 0) is 48.6 Å². The highest BCUT2D eigenvalue weighted by Crippen LogP contribution is 2.23. The molecule has 0 aliphatic heterocycles. The Morgan fingerprint density at radius 3 is 2.54 bits per heavy atom. The number of benzene rings is 1. The molecule has 3 aromatic heterocycles. The van der Waals surface area contributed by atoms with E-state index in [0.717, 1.165) is 31.4 Å². The molecule has 0 unspecified atom stereocenters. The maximum atomic E-state index is 12.2. The second-order valence-electron chi connectivity index (χ2n) is 7.41. The fraction of sp³-hybridized carbons (Fsp3) is 0.261. The Bertz CT molecular complexity index is 1210. The van der Waals surface area contributed by atoms with Crippen LogP contribution in [0.4, 0.5) is 13.2 Å². The summed E-state index contributed by atoms with van der Waals surface area (Å²) in [4.78, 5) is 12.7. The number of hydrogen-bond acceptors (Lipinski definition) is 8. The predicted octanol–water partition coefficient (Wildman–Crippen LogP) is 4.73. The van der Waals surface area contributed by atoms with Crippen LogP contribution in [0, 0.1) is 0 Å². The van der Waals surface area contributed by atoms with Crippen molar-refractivity contribution in [3.63, 3.8) is 0 Å². The van der Waals surface area contributed by atoms with Gasteiger partial charge in [0.2, 0.25) is 5.89 Å². The van der Waals surface area contributed by atoms with Crippen molar-refractivity contribution in [3.05, 3.63) is 78.0 Å². The molecule has 0 saturated heterocycles. The van der Waals surface area contributed by atoms with Crippen molar-refractivity contribution in [3.8, 4) is 11.8 Å². The first-order valence-electron chi connectivity index (χ1n) is 10.7. The zero-order chi connectivity index (χ0) is 24.5. The van der Waals surface area contributed by atoms with Crippen LogP contribution in [0.25, 0.3) is 12.2 Å². The predicted molar refractivity (Wildman–Crippen MR) is 118 cm³/mol. The number of halogens is 3. The summed E-state index contributed by atoms with van der Waals surface area (Å²) in [6.07, 6.45) is 9.75. The largest absolute Gasteiger partial charge is 0.573 e. The summed E-state index contributed by atoms with van der Waals surface area (Å²) < 4.78 is 53.2. The van der Waals surface area contributed by atoms with Gasteiger partial charge in [0, 0.05) is 31.2 Å². The highest BCUT2D eigenvalue weighted by atomic mass is 19.4. The molecule has 35 heavy (non-hydrogen) atoms. The molecule has 4 rings (SSSR count). The van der Waals surface area contributed by atoms with Crippen molar-refractivity contribution in [2.45, 2.75) is 38.8 Å². The molecule has 9 nitrogen and oxygen atoms in total. The van der Waals surface area contributed by atoms with Crippen LogP contribution in [-0.2, 0) is 19.6 Å². The van der Waals surface area contributed by atoms with Crippen molar-refractivity contribution in [1.82, 2.24) is 29.9 Å². The van der Waals surface area contributed by atoms with Crippen molar-refractivity contribution in [2.24, 2.45) is 0 Å². The van der Waals surface area contributed by atoms with E-state index in [4.69, 9.17) is 9.15 Å². The first kappa shape index (κ1) is 23.9. The molecule has 0 radical (unpaired) electrons. The van der Waals surface area contributed by atoms with E-state index in [0.29, 0.717) is 17.1 Å². The number of ether oxygens (including phenoxy) is 2. The molecule has 0 bridgehead atoms. The third-order valence-electron chi connectivity index (χ3n) is 4.71. The number of oxazole rings is 1. The molecule has 0 atom stereocenters. The third-order valence-corrected chi connectivity index (χ3v) is 4.71. The average Bonchev–Trinajstić information content (AvgIpc) is 3.52. The van der Waals surface area contributed by atoms with Crippen LogP contribution in [0.2, 0.25) is 0 Å². The summed E-state index contributed by atoms with van der Waals surface area (Å²) in [5.41, 5.74) is 2.21. The summed E-state index contributed by atoms with van der Waals surface area (Å²) >= 11 is 0. The molecule has 12 heteroatoms. The number of aromatic nitrogens is 6. The Balaban J connectivity index is 1.20. The van der Waals surface area contributed by atoms with Gasteiger partial charge in [-0.25, -0.2) is 15.0 Å². The topological polar surface area (TPSA) is 101 Å². The van der Waals surface area contributed by atoms with Crippen LogP contribution >= 0.6 is 0 Å². The Kier molecular flexibility index (Phi) is 7.70. The lowest BCUT2D eigenvalue weighted by Crippen LogP contribution is -2.16. The molecule has 0 spiro atoms. The van der Waals surface area contributed by atoms with E-state index in [1.54, 1.807) is 35.4 Å². The van der Waals surface area contributed by atoms with Crippen molar-refractivity contribution >= 4 is 12.2 Å². The fourth-order valence-electron chi connectivity index (χ4n) is 3.05. The van der Waals surface area contributed by atoms with Crippen LogP contribution < -0.4 is 9.47 Å². The van der Waals surface area contributed by atoms with Gasteiger partial charge in [0.15, 0.2) is 0 Å². The number of aryl methyl sites for hydroxylation is 2. The van der Waals surface area contributed by atoms with Gasteiger partial charge in [-0.3, -0.25) is 4.68 Å². The lowest BCUT2D eigenvalue weighted by molar-refractivity contribution is -0.274. The molecule has 1 aromatic carbocycles. The van der Waals surface area contributed by atoms with Gasteiger partial charge in [-0.15, -0.1) is 18.3 Å². The summed E-state index contributed by atoms with van der Waals surface area (Å²) in [7, 11) is 0. The highest BCUT2D eigenvalue weighted by molar-refractivity contribution is 5.66. The maximum Gasteiger partial charge on any atom is 0.573 e. The van der Waals surface area contributed by atoms with Gasteiger partial charge in [-0.2, -0.15) is 0 Å². The second-order valence-corrected chi connectivity index (χ2v) is 7.41. The minimum absolute atomic E-state index is 0.123. The monoisotopic (exact) mass is 486 g/mol. The summed E-state index contributed by atoms with van der Waals surface area (Å²) in [5, 5.41) is 7.71. The number of alkyl halides is 3. The van der Waals surface area contributed by atoms with Crippen molar-refractivity contribution in [2.75, 3.05) is 0 Å². The molecule has 3 heterocycles. The SMILES string of the molecule is FC(F)(F)Oc1ccc(/C=C/c2nc(COc3ncc(CCCCn4ccnn4)cn3)co2)cc1. The molecule has 0 aliphatic carbocycles. The molecule has 182 valence electrons. The molecular formula is C23H21F3N6O3. The highest BCUT2D eigenvalue weighted by Gasteiger charge is 2.30. The van der Waals surface area contributed by atoms with E-state index in [1.807, 2.05) is 6.20 Å². The lowest BCUT2D eigenvalue weighted by Gasteiger charge is -2.08. The van der Waals surface area contributed by atoms with Crippen LogP contribution in [-0.4, -0.2) is 36.3 Å². The van der Waals surface area contributed by atoms with Gasteiger partial charge in [0.1, 0.15) is 24.3 Å². The first-order valence-corrected chi connectivity index (χ1v) is 10.7. The van der Waals surface area contributed by atoms with Crippen LogP contribution in [0.5, 0.6) is 11.8 Å². The molecule has 0 fully saturated rings. The Labute approximate surface area is 198 Å². The second kappa shape index (κ2) is 11.3. The first-order chi connectivity index (χ1) is 16.9. The molecule has 4 aromatic rings. The van der Waals surface area contributed by atoms with E-state index in [-0.39, 0.29) is 18.4 Å². The minimum atomic E-state index is -4.72. The number of hydrogen-bond donors (Lipinski definition) is 0. The molecule has 0 aliphatic rings. The Morgan fingerprint density at radius 1 is 1.03 bits per heavy atom. The maximum absolute atomic E-state index is 12.2. The van der Waals surface area contributed by atoms with E-state index >= 15 is 0 Å². The summed E-state index contributed by atoms with van der Waals surface area (Å²) in [6, 6.07) is 5.67. The number of rotatable bonds is 11. The van der Waals surface area contributed by atoms with Crippen molar-refractivity contribution in [1.29, 1.82) is 0 Å². The summed E-state index contributed by atoms with van der Waals surface area (Å²) in [6.45, 7) is 0.943. The van der Waals surface area contributed by atoms with E-state index < -0.39 is 6.36 Å². The van der Waals surface area contributed by atoms with Crippen LogP contribution in [0.15, 0.2) is 59.7 Å². The Hall–Kier alpha value is -4.22. The molecule has 0 N–H and O–H groups in total. The smallest absolute Gasteiger partial charge is 0.457 e. The van der Waals surface area contributed by atoms with Crippen LogP contribution in [0.3, 0.4) is 0 Å². The third kappa shape index (κ3) is 7.95. The van der Waals surface area contributed by atoms with Crippen molar-refractivity contribution < 1.29 is 27.1 Å². The standard InChI is InChI=1S/C23H21F3N6O3/c24-23(25,26)35-20-7-4-17(5-8-20)6-9-21-30-19(15-33-21)16-34-22-27-13-18(14-28-22)3-1-2-11-32-12-10-29-31-32/h4-10,12-15H,1-3,11,16H2/b9-6+. The minimum Gasteiger partial charge on any atom is -0.457 e. The lowest BCUT2D eigenvalue weighted by atomic mass is 10.1. The number of nitrogens with zero attached hydrogens (tertiary/aromatic N) is 6. The van der Waals surface area contributed by atoms with Gasteiger partial charge < -0.3 is 13.9 Å². The van der Waals surface area contributed by atoms with Gasteiger partial charge in [-0.1, -0.05) is 17.3 Å². The number of unbranched alkanes of at least 4 members (excludes halogenated alkanes) is 1. The molecule has 0 saturated carbocycles. The summed E-state index contributed by atoms with van der Waals surface area (Å²) in [5.74, 6) is 0.0324. The zero-order valence-electron chi connectivity index (χ0n) is 18.4. The quantitative estimate of drug-likeness (QED) is 0.281.